The number of benzene rings is 3. The molecule has 0 radical (unpaired) electrons. The lowest BCUT2D eigenvalue weighted by atomic mass is 10.2. The fourth-order valence-electron chi connectivity index (χ4n) is 2.78. The summed E-state index contributed by atoms with van der Waals surface area (Å²) in [4.78, 5) is 12.8. The molecule has 0 fully saturated rings. The fourth-order valence-corrected chi connectivity index (χ4v) is 3.35. The van der Waals surface area contributed by atoms with Gasteiger partial charge < -0.3 is 19.5 Å². The first kappa shape index (κ1) is 23.7. The molecule has 2 N–H and O–H groups in total. The van der Waals surface area contributed by atoms with Crippen LogP contribution in [-0.4, -0.2) is 31.3 Å². The molecule has 3 aromatic carbocycles. The maximum Gasteiger partial charge on any atom is 0.261 e. The van der Waals surface area contributed by atoms with Gasteiger partial charge in [-0.3, -0.25) is 10.1 Å². The minimum atomic E-state index is -0.382. The molecule has 0 bridgehead atoms. The van der Waals surface area contributed by atoms with Crippen LogP contribution in [0.15, 0.2) is 77.3 Å². The number of amides is 1. The van der Waals surface area contributed by atoms with Crippen LogP contribution in [0.25, 0.3) is 0 Å². The van der Waals surface area contributed by atoms with E-state index in [4.69, 9.17) is 26.4 Å². The summed E-state index contributed by atoms with van der Waals surface area (Å²) in [5.74, 6) is 0.753. The van der Waals surface area contributed by atoms with Crippen LogP contribution in [0.4, 0.5) is 5.69 Å². The Hall–Kier alpha value is -2.94. The Labute approximate surface area is 201 Å². The number of rotatable bonds is 9. The second kappa shape index (κ2) is 12.2. The first-order valence-corrected chi connectivity index (χ1v) is 11.1. The summed E-state index contributed by atoms with van der Waals surface area (Å²) in [7, 11) is 1.59. The van der Waals surface area contributed by atoms with E-state index >= 15 is 0 Å². The van der Waals surface area contributed by atoms with Gasteiger partial charge in [0.25, 0.3) is 5.91 Å². The van der Waals surface area contributed by atoms with Crippen molar-refractivity contribution in [3.8, 4) is 11.5 Å². The molecule has 0 aromatic heterocycles. The molecule has 32 heavy (non-hydrogen) atoms. The van der Waals surface area contributed by atoms with Crippen molar-refractivity contribution in [1.29, 1.82) is 0 Å². The monoisotopic (exact) mass is 514 g/mol. The average Bonchev–Trinajstić information content (AvgIpc) is 2.79. The zero-order valence-corrected chi connectivity index (χ0v) is 19.9. The summed E-state index contributed by atoms with van der Waals surface area (Å²) in [6.07, 6.45) is 0. The zero-order valence-electron chi connectivity index (χ0n) is 17.5. The largest absolute Gasteiger partial charge is 0.490 e. The highest BCUT2D eigenvalue weighted by Gasteiger charge is 2.15. The highest BCUT2D eigenvalue weighted by molar-refractivity contribution is 9.10. The van der Waals surface area contributed by atoms with E-state index in [0.29, 0.717) is 42.6 Å². The number of thiocarbonyl (C=S) groups is 1. The highest BCUT2D eigenvalue weighted by atomic mass is 79.9. The second-order valence-electron chi connectivity index (χ2n) is 6.69. The van der Waals surface area contributed by atoms with Crippen molar-refractivity contribution >= 4 is 44.9 Å². The van der Waals surface area contributed by atoms with Gasteiger partial charge in [-0.05, 0) is 48.1 Å². The third-order valence-electron chi connectivity index (χ3n) is 4.30. The molecule has 0 aliphatic rings. The predicted octanol–water partition coefficient (Wildman–Crippen LogP) is 5.18. The number of hydrogen-bond acceptors (Lipinski definition) is 5. The second-order valence-corrected chi connectivity index (χ2v) is 8.02. The van der Waals surface area contributed by atoms with Crippen molar-refractivity contribution in [2.45, 2.75) is 6.61 Å². The Kier molecular flexibility index (Phi) is 9.03. The lowest BCUT2D eigenvalue weighted by Crippen LogP contribution is -2.34. The van der Waals surface area contributed by atoms with Crippen LogP contribution in [0.1, 0.15) is 15.9 Å². The highest BCUT2D eigenvalue weighted by Crippen LogP contribution is 2.24. The molecule has 0 unspecified atom stereocenters. The summed E-state index contributed by atoms with van der Waals surface area (Å²) >= 11 is 8.71. The number of anilines is 1. The minimum absolute atomic E-state index is 0.165. The van der Waals surface area contributed by atoms with Crippen LogP contribution >= 0.6 is 28.1 Å². The van der Waals surface area contributed by atoms with Gasteiger partial charge in [0.2, 0.25) is 0 Å². The molecule has 0 aliphatic carbocycles. The zero-order chi connectivity index (χ0) is 22.8. The van der Waals surface area contributed by atoms with Gasteiger partial charge in [-0.1, -0.05) is 52.3 Å². The van der Waals surface area contributed by atoms with E-state index in [1.807, 2.05) is 54.6 Å². The van der Waals surface area contributed by atoms with Crippen LogP contribution in [0.2, 0.25) is 0 Å². The van der Waals surface area contributed by atoms with E-state index in [1.165, 1.54) is 0 Å². The Morgan fingerprint density at radius 3 is 2.56 bits per heavy atom. The van der Waals surface area contributed by atoms with Crippen molar-refractivity contribution < 1.29 is 19.0 Å². The number of nitrogens with one attached hydrogen (secondary N) is 2. The van der Waals surface area contributed by atoms with E-state index in [-0.39, 0.29) is 11.0 Å². The third kappa shape index (κ3) is 7.33. The Morgan fingerprint density at radius 2 is 1.78 bits per heavy atom. The molecule has 0 saturated carbocycles. The average molecular weight is 515 g/mol. The molecular weight excluding hydrogens is 492 g/mol. The minimum Gasteiger partial charge on any atom is -0.490 e. The van der Waals surface area contributed by atoms with Crippen LogP contribution in [0.3, 0.4) is 0 Å². The lowest BCUT2D eigenvalue weighted by Gasteiger charge is -2.14. The standard InChI is InChI=1S/C24H23BrN2O4S/c1-29-12-13-30-22-11-10-18(25)14-21(22)23(28)27-24(32)26-19-8-5-9-20(15-19)31-16-17-6-3-2-4-7-17/h2-11,14-15H,12-13,16H2,1H3,(H2,26,27,28,32). The van der Waals surface area contributed by atoms with E-state index in [9.17, 15) is 4.79 Å². The molecule has 3 rings (SSSR count). The molecule has 6 nitrogen and oxygen atoms in total. The smallest absolute Gasteiger partial charge is 0.261 e. The molecule has 1 amide bonds. The van der Waals surface area contributed by atoms with E-state index in [1.54, 1.807) is 25.3 Å². The van der Waals surface area contributed by atoms with Crippen molar-refractivity contribution in [2.24, 2.45) is 0 Å². The molecule has 0 atom stereocenters. The van der Waals surface area contributed by atoms with Crippen molar-refractivity contribution in [3.05, 3.63) is 88.4 Å². The van der Waals surface area contributed by atoms with Gasteiger partial charge in [0.05, 0.1) is 12.2 Å². The van der Waals surface area contributed by atoms with Crippen LogP contribution in [0.5, 0.6) is 11.5 Å². The number of ether oxygens (including phenoxy) is 3. The maximum absolute atomic E-state index is 12.8. The molecule has 166 valence electrons. The van der Waals surface area contributed by atoms with Gasteiger partial charge in [0, 0.05) is 23.3 Å². The molecule has 0 saturated heterocycles. The van der Waals surface area contributed by atoms with Crippen LogP contribution < -0.4 is 20.1 Å². The summed E-state index contributed by atoms with van der Waals surface area (Å²) in [6.45, 7) is 1.21. The van der Waals surface area contributed by atoms with Crippen molar-refractivity contribution in [3.63, 3.8) is 0 Å². The number of carbonyl (C=O) groups is 1. The molecular formula is C24H23BrN2O4S. The normalized spacial score (nSPS) is 10.3. The maximum atomic E-state index is 12.8. The van der Waals surface area contributed by atoms with Gasteiger partial charge in [-0.25, -0.2) is 0 Å². The number of halogens is 1. The molecule has 3 aromatic rings. The van der Waals surface area contributed by atoms with E-state index < -0.39 is 0 Å². The first-order valence-electron chi connectivity index (χ1n) is 9.85. The van der Waals surface area contributed by atoms with Crippen molar-refractivity contribution in [2.75, 3.05) is 25.6 Å². The Morgan fingerprint density at radius 1 is 0.969 bits per heavy atom. The Balaban J connectivity index is 1.60. The van der Waals surface area contributed by atoms with Crippen LogP contribution in [0, 0.1) is 0 Å². The Bertz CT molecular complexity index is 1060. The first-order chi connectivity index (χ1) is 15.5. The number of hydrogen-bond donors (Lipinski definition) is 2. The quantitative estimate of drug-likeness (QED) is 0.303. The summed E-state index contributed by atoms with van der Waals surface area (Å²) in [5.41, 5.74) is 2.14. The predicted molar refractivity (Wildman–Crippen MR) is 132 cm³/mol. The molecule has 0 heterocycles. The molecule has 8 heteroatoms. The van der Waals surface area contributed by atoms with E-state index in [2.05, 4.69) is 26.6 Å². The molecule has 0 spiro atoms. The van der Waals surface area contributed by atoms with Gasteiger partial charge >= 0.3 is 0 Å². The summed E-state index contributed by atoms with van der Waals surface area (Å²) in [6, 6.07) is 22.5. The summed E-state index contributed by atoms with van der Waals surface area (Å²) < 4.78 is 17.2. The van der Waals surface area contributed by atoms with Crippen molar-refractivity contribution in [1.82, 2.24) is 5.32 Å². The number of carbonyl (C=O) groups excluding carboxylic acids is 1. The van der Waals surface area contributed by atoms with E-state index in [0.717, 1.165) is 10.0 Å². The summed E-state index contributed by atoms with van der Waals surface area (Å²) in [5, 5.41) is 5.87. The van der Waals surface area contributed by atoms with Crippen LogP contribution in [-0.2, 0) is 11.3 Å². The van der Waals surface area contributed by atoms with Gasteiger partial charge in [0.1, 0.15) is 24.7 Å². The lowest BCUT2D eigenvalue weighted by molar-refractivity contribution is 0.0969. The van der Waals surface area contributed by atoms with Gasteiger partial charge in [-0.15, -0.1) is 0 Å². The van der Waals surface area contributed by atoms with Gasteiger partial charge in [0.15, 0.2) is 5.11 Å². The number of methoxy groups -OCH3 is 1. The SMILES string of the molecule is COCCOc1ccc(Br)cc1C(=O)NC(=S)Nc1cccc(OCc2ccccc2)c1. The fraction of sp³-hybridized carbons (Fsp3) is 0.167. The third-order valence-corrected chi connectivity index (χ3v) is 5.00. The molecule has 0 aliphatic heterocycles. The van der Waals surface area contributed by atoms with Gasteiger partial charge in [-0.2, -0.15) is 0 Å². The topological polar surface area (TPSA) is 68.8 Å².